The molecule has 100 valence electrons. The lowest BCUT2D eigenvalue weighted by atomic mass is 10.2. The molecule has 5 N–H and O–H groups in total. The zero-order chi connectivity index (χ0) is 13.4. The third-order valence-corrected chi connectivity index (χ3v) is 5.52. The molecule has 1 fully saturated rings. The first-order valence-corrected chi connectivity index (χ1v) is 8.35. The van der Waals surface area contributed by atoms with Gasteiger partial charge in [0.2, 0.25) is 10.0 Å². The van der Waals surface area contributed by atoms with Gasteiger partial charge in [-0.3, -0.25) is 0 Å². The smallest absolute Gasteiger partial charge is 0.238 e. The number of benzene rings is 1. The van der Waals surface area contributed by atoms with Gasteiger partial charge in [0.15, 0.2) is 0 Å². The Kier molecular flexibility index (Phi) is 3.48. The zero-order valence-corrected chi connectivity index (χ0v) is 11.8. The maximum atomic E-state index is 11.3. The van der Waals surface area contributed by atoms with Crippen molar-refractivity contribution in [2.75, 3.05) is 23.9 Å². The predicted molar refractivity (Wildman–Crippen MR) is 76.2 cm³/mol. The molecular weight excluding hydrogens is 270 g/mol. The van der Waals surface area contributed by atoms with Crippen molar-refractivity contribution >= 4 is 33.2 Å². The van der Waals surface area contributed by atoms with Gasteiger partial charge in [-0.25, -0.2) is 13.6 Å². The zero-order valence-electron chi connectivity index (χ0n) is 10.1. The van der Waals surface area contributed by atoms with E-state index >= 15 is 0 Å². The topological polar surface area (TPSA) is 98.2 Å². The summed E-state index contributed by atoms with van der Waals surface area (Å²) in [5.74, 6) is 0. The molecule has 0 amide bonds. The summed E-state index contributed by atoms with van der Waals surface area (Å²) in [4.78, 5) is 0.0770. The standard InChI is InChI=1S/C11H17N3O2S2/c1-17-11(4-5-11)7-14-10-6-8(18(13,15)16)2-3-9(10)12/h2-3,6,14H,4-5,7,12H2,1H3,(H2,13,15,16). The van der Waals surface area contributed by atoms with Gasteiger partial charge in [-0.2, -0.15) is 11.8 Å². The molecule has 5 nitrogen and oxygen atoms in total. The van der Waals surface area contributed by atoms with Crippen molar-refractivity contribution in [3.63, 3.8) is 0 Å². The van der Waals surface area contributed by atoms with Crippen molar-refractivity contribution in [1.82, 2.24) is 0 Å². The molecule has 0 heterocycles. The number of sulfonamides is 1. The van der Waals surface area contributed by atoms with Crippen molar-refractivity contribution in [3.05, 3.63) is 18.2 Å². The Morgan fingerprint density at radius 2 is 2.11 bits per heavy atom. The van der Waals surface area contributed by atoms with Crippen molar-refractivity contribution in [2.45, 2.75) is 22.5 Å². The molecular formula is C11H17N3O2S2. The summed E-state index contributed by atoms with van der Waals surface area (Å²) in [5.41, 5.74) is 6.97. The summed E-state index contributed by atoms with van der Waals surface area (Å²) in [5, 5.41) is 8.31. The number of thioether (sulfide) groups is 1. The monoisotopic (exact) mass is 287 g/mol. The van der Waals surface area contributed by atoms with Crippen LogP contribution in [0.4, 0.5) is 11.4 Å². The van der Waals surface area contributed by atoms with Crippen LogP contribution in [-0.2, 0) is 10.0 Å². The van der Waals surface area contributed by atoms with Crippen molar-refractivity contribution in [1.29, 1.82) is 0 Å². The lowest BCUT2D eigenvalue weighted by Crippen LogP contribution is -2.19. The maximum Gasteiger partial charge on any atom is 0.238 e. The molecule has 1 aliphatic carbocycles. The van der Waals surface area contributed by atoms with Crippen LogP contribution in [0.2, 0.25) is 0 Å². The fourth-order valence-corrected chi connectivity index (χ4v) is 2.98. The lowest BCUT2D eigenvalue weighted by molar-refractivity contribution is 0.598. The molecule has 0 saturated heterocycles. The average molecular weight is 287 g/mol. The quantitative estimate of drug-likeness (QED) is 0.707. The second kappa shape index (κ2) is 4.64. The Morgan fingerprint density at radius 3 is 2.61 bits per heavy atom. The number of nitrogens with two attached hydrogens (primary N) is 2. The van der Waals surface area contributed by atoms with Gasteiger partial charge in [0.25, 0.3) is 0 Å². The Labute approximate surface area is 111 Å². The van der Waals surface area contributed by atoms with Crippen LogP contribution in [-0.4, -0.2) is 26.0 Å². The molecule has 1 aromatic carbocycles. The average Bonchev–Trinajstić information content (AvgIpc) is 3.07. The molecule has 0 spiro atoms. The van der Waals surface area contributed by atoms with Gasteiger partial charge >= 0.3 is 0 Å². The number of hydrogen-bond acceptors (Lipinski definition) is 5. The number of nitrogen functional groups attached to an aromatic ring is 1. The van der Waals surface area contributed by atoms with Crippen LogP contribution < -0.4 is 16.2 Å². The number of primary sulfonamides is 1. The molecule has 18 heavy (non-hydrogen) atoms. The number of rotatable bonds is 5. The van der Waals surface area contributed by atoms with Crippen molar-refractivity contribution in [2.24, 2.45) is 5.14 Å². The largest absolute Gasteiger partial charge is 0.397 e. The molecule has 0 bridgehead atoms. The van der Waals surface area contributed by atoms with Crippen LogP contribution in [0.25, 0.3) is 0 Å². The molecule has 0 aromatic heterocycles. The molecule has 0 unspecified atom stereocenters. The van der Waals surface area contributed by atoms with Crippen LogP contribution in [0, 0.1) is 0 Å². The van der Waals surface area contributed by atoms with Gasteiger partial charge in [0.1, 0.15) is 0 Å². The fourth-order valence-electron chi connectivity index (χ4n) is 1.71. The summed E-state index contributed by atoms with van der Waals surface area (Å²) in [6.45, 7) is 0.784. The van der Waals surface area contributed by atoms with E-state index in [-0.39, 0.29) is 9.64 Å². The van der Waals surface area contributed by atoms with Gasteiger partial charge in [0.05, 0.1) is 16.3 Å². The first-order chi connectivity index (χ1) is 8.36. The summed E-state index contributed by atoms with van der Waals surface area (Å²) >= 11 is 1.83. The molecule has 1 aromatic rings. The van der Waals surface area contributed by atoms with E-state index < -0.39 is 10.0 Å². The van der Waals surface area contributed by atoms with Gasteiger partial charge in [-0.1, -0.05) is 0 Å². The molecule has 1 saturated carbocycles. The minimum atomic E-state index is -3.69. The van der Waals surface area contributed by atoms with Gasteiger partial charge in [-0.05, 0) is 37.3 Å². The summed E-state index contributed by atoms with van der Waals surface area (Å²) in [7, 11) is -3.69. The summed E-state index contributed by atoms with van der Waals surface area (Å²) < 4.78 is 22.8. The van der Waals surface area contributed by atoms with Crippen LogP contribution in [0.5, 0.6) is 0 Å². The lowest BCUT2D eigenvalue weighted by Gasteiger charge is -2.16. The van der Waals surface area contributed by atoms with E-state index in [2.05, 4.69) is 11.6 Å². The van der Waals surface area contributed by atoms with Crippen molar-refractivity contribution in [3.8, 4) is 0 Å². The Balaban J connectivity index is 2.17. The van der Waals surface area contributed by atoms with E-state index in [1.807, 2.05) is 11.8 Å². The molecule has 0 aliphatic heterocycles. The molecule has 1 aliphatic rings. The van der Waals surface area contributed by atoms with Gasteiger partial charge in [0, 0.05) is 11.3 Å². The van der Waals surface area contributed by atoms with E-state index in [4.69, 9.17) is 10.9 Å². The normalized spacial score (nSPS) is 17.4. The van der Waals surface area contributed by atoms with Crippen molar-refractivity contribution < 1.29 is 8.42 Å². The second-order valence-corrected chi connectivity index (χ2v) is 7.37. The minimum absolute atomic E-state index is 0.0770. The predicted octanol–water partition coefficient (Wildman–Crippen LogP) is 1.22. The third kappa shape index (κ3) is 2.90. The Morgan fingerprint density at radius 1 is 1.44 bits per heavy atom. The number of nitrogens with one attached hydrogen (secondary N) is 1. The van der Waals surface area contributed by atoms with E-state index in [0.29, 0.717) is 11.4 Å². The van der Waals surface area contributed by atoms with E-state index in [9.17, 15) is 8.42 Å². The minimum Gasteiger partial charge on any atom is -0.397 e. The maximum absolute atomic E-state index is 11.3. The molecule has 2 rings (SSSR count). The third-order valence-electron chi connectivity index (χ3n) is 3.19. The van der Waals surface area contributed by atoms with E-state index in [1.54, 1.807) is 6.07 Å². The second-order valence-electron chi connectivity index (χ2n) is 4.53. The number of hydrogen-bond donors (Lipinski definition) is 3. The van der Waals surface area contributed by atoms with E-state index in [1.165, 1.54) is 25.0 Å². The van der Waals surface area contributed by atoms with Crippen LogP contribution in [0.15, 0.2) is 23.1 Å². The van der Waals surface area contributed by atoms with Crippen LogP contribution in [0.3, 0.4) is 0 Å². The SMILES string of the molecule is CSC1(CNc2cc(S(N)(=O)=O)ccc2N)CC1. The highest BCUT2D eigenvalue weighted by Gasteiger charge is 2.41. The summed E-state index contributed by atoms with van der Waals surface area (Å²) in [6, 6.07) is 4.46. The Hall–Kier alpha value is -0.920. The van der Waals surface area contributed by atoms with Crippen LogP contribution >= 0.6 is 11.8 Å². The highest BCUT2D eigenvalue weighted by atomic mass is 32.2. The van der Waals surface area contributed by atoms with E-state index in [0.717, 1.165) is 6.54 Å². The molecule has 0 atom stereocenters. The molecule has 0 radical (unpaired) electrons. The highest BCUT2D eigenvalue weighted by molar-refractivity contribution is 8.00. The van der Waals surface area contributed by atoms with Gasteiger partial charge in [-0.15, -0.1) is 0 Å². The fraction of sp³-hybridized carbons (Fsp3) is 0.455. The first kappa shape index (κ1) is 13.5. The summed E-state index contributed by atoms with van der Waals surface area (Å²) in [6.07, 6.45) is 4.44. The van der Waals surface area contributed by atoms with Crippen LogP contribution in [0.1, 0.15) is 12.8 Å². The van der Waals surface area contributed by atoms with Gasteiger partial charge < -0.3 is 11.1 Å². The first-order valence-electron chi connectivity index (χ1n) is 5.58. The number of anilines is 2. The molecule has 7 heteroatoms. The highest BCUT2D eigenvalue weighted by Crippen LogP contribution is 2.47. The Bertz CT molecular complexity index is 553.